The lowest BCUT2D eigenvalue weighted by molar-refractivity contribution is -0.277. The maximum atomic E-state index is 11.5. The fraction of sp³-hybridized carbons (Fsp3) is 0.909. The Morgan fingerprint density at radius 2 is 0.812 bits per heavy atom. The first kappa shape index (κ1) is 30.7. The van der Waals surface area contributed by atoms with E-state index in [0.717, 1.165) is 38.9 Å². The minimum Gasteiger partial charge on any atom is -0.379 e. The molecule has 0 aromatic heterocycles. The molecular weight excluding hydrogens is 424 g/mol. The molecule has 0 aliphatic carbocycles. The maximum Gasteiger partial charge on any atom is 0.342 e. The van der Waals surface area contributed by atoms with E-state index >= 15 is 0 Å². The number of rotatable bonds is 25. The summed E-state index contributed by atoms with van der Waals surface area (Å²) in [6.07, 6.45) is 5.53. The second-order valence-corrected chi connectivity index (χ2v) is 6.92. The van der Waals surface area contributed by atoms with Crippen LogP contribution in [0, 0.1) is 0 Å². The van der Waals surface area contributed by atoms with Gasteiger partial charge in [0.1, 0.15) is 13.2 Å². The van der Waals surface area contributed by atoms with Crippen LogP contribution in [0.3, 0.4) is 0 Å². The van der Waals surface area contributed by atoms with Crippen LogP contribution in [-0.2, 0) is 48.1 Å². The highest BCUT2D eigenvalue weighted by atomic mass is 17.2. The Balaban J connectivity index is 3.29. The van der Waals surface area contributed by atoms with Gasteiger partial charge in [-0.05, 0) is 25.7 Å². The maximum absolute atomic E-state index is 11.5. The van der Waals surface area contributed by atoms with Crippen LogP contribution in [0.4, 0.5) is 0 Å². The summed E-state index contributed by atoms with van der Waals surface area (Å²) in [5.41, 5.74) is 0. The average Bonchev–Trinajstić information content (AvgIpc) is 2.79. The van der Waals surface area contributed by atoms with Crippen molar-refractivity contribution in [3.8, 4) is 0 Å². The molecule has 32 heavy (non-hydrogen) atoms. The van der Waals surface area contributed by atoms with Gasteiger partial charge in [-0.25, -0.2) is 9.59 Å². The predicted octanol–water partition coefficient (Wildman–Crippen LogP) is 3.16. The molecule has 0 saturated heterocycles. The molecule has 0 aliphatic rings. The number of carbonyl (C=O) groups excluding carboxylic acids is 2. The molecule has 0 saturated carbocycles. The molecule has 10 nitrogen and oxygen atoms in total. The van der Waals surface area contributed by atoms with Crippen LogP contribution in [0.25, 0.3) is 0 Å². The van der Waals surface area contributed by atoms with Gasteiger partial charge >= 0.3 is 11.9 Å². The molecule has 0 spiro atoms. The molecule has 0 bridgehead atoms. The van der Waals surface area contributed by atoms with E-state index in [1.54, 1.807) is 0 Å². The quantitative estimate of drug-likeness (QED) is 0.113. The lowest BCUT2D eigenvalue weighted by Gasteiger charge is -2.06. The van der Waals surface area contributed by atoms with E-state index in [9.17, 15) is 9.59 Å². The van der Waals surface area contributed by atoms with Crippen molar-refractivity contribution in [2.24, 2.45) is 0 Å². The Kier molecular flexibility index (Phi) is 24.9. The molecule has 0 rings (SSSR count). The van der Waals surface area contributed by atoms with E-state index in [1.807, 2.05) is 0 Å². The van der Waals surface area contributed by atoms with Gasteiger partial charge in [0.05, 0.1) is 39.6 Å². The largest absolute Gasteiger partial charge is 0.379 e. The highest BCUT2D eigenvalue weighted by molar-refractivity contribution is 5.69. The molecule has 0 aromatic carbocycles. The van der Waals surface area contributed by atoms with Gasteiger partial charge in [0.25, 0.3) is 0 Å². The van der Waals surface area contributed by atoms with Crippen LogP contribution in [0.15, 0.2) is 0 Å². The number of hydrogen-bond acceptors (Lipinski definition) is 10. The van der Waals surface area contributed by atoms with Gasteiger partial charge in [-0.15, -0.1) is 0 Å². The number of carbonyl (C=O) groups is 2. The molecule has 0 unspecified atom stereocenters. The van der Waals surface area contributed by atoms with Crippen molar-refractivity contribution in [2.75, 3.05) is 66.1 Å². The van der Waals surface area contributed by atoms with Gasteiger partial charge in [0, 0.05) is 26.1 Å². The van der Waals surface area contributed by atoms with Crippen molar-refractivity contribution >= 4 is 11.9 Å². The Morgan fingerprint density at radius 3 is 1.19 bits per heavy atom. The molecular formula is C22H42O10. The highest BCUT2D eigenvalue weighted by Gasteiger charge is 2.08. The number of hydrogen-bond donors (Lipinski definition) is 0. The van der Waals surface area contributed by atoms with Crippen LogP contribution in [0.2, 0.25) is 0 Å². The van der Waals surface area contributed by atoms with E-state index in [-0.39, 0.29) is 26.1 Å². The summed E-state index contributed by atoms with van der Waals surface area (Å²) in [7, 11) is 0. The summed E-state index contributed by atoms with van der Waals surface area (Å²) >= 11 is 0. The minimum absolute atomic E-state index is 0.147. The van der Waals surface area contributed by atoms with Gasteiger partial charge in [-0.2, -0.15) is 9.78 Å². The average molecular weight is 467 g/mol. The van der Waals surface area contributed by atoms with Crippen LogP contribution < -0.4 is 0 Å². The zero-order valence-electron chi connectivity index (χ0n) is 19.8. The molecule has 0 aliphatic heterocycles. The van der Waals surface area contributed by atoms with E-state index in [4.69, 9.17) is 28.7 Å². The fourth-order valence-electron chi connectivity index (χ4n) is 2.16. The molecule has 0 radical (unpaired) electrons. The molecule has 0 amide bonds. The van der Waals surface area contributed by atoms with E-state index in [1.165, 1.54) is 0 Å². The first-order valence-electron chi connectivity index (χ1n) is 11.7. The van der Waals surface area contributed by atoms with Gasteiger partial charge < -0.3 is 18.9 Å². The number of ether oxygens (including phenoxy) is 4. The van der Waals surface area contributed by atoms with Crippen molar-refractivity contribution in [3.05, 3.63) is 0 Å². The van der Waals surface area contributed by atoms with Crippen molar-refractivity contribution in [2.45, 2.75) is 65.2 Å². The summed E-state index contributed by atoms with van der Waals surface area (Å²) < 4.78 is 21.2. The van der Waals surface area contributed by atoms with E-state index in [2.05, 4.69) is 23.6 Å². The van der Waals surface area contributed by atoms with Gasteiger partial charge in [0.2, 0.25) is 0 Å². The lowest BCUT2D eigenvalue weighted by Crippen LogP contribution is -2.13. The summed E-state index contributed by atoms with van der Waals surface area (Å²) in [6.45, 7) is 8.65. The molecule has 190 valence electrons. The third-order valence-electron chi connectivity index (χ3n) is 3.97. The van der Waals surface area contributed by atoms with Crippen molar-refractivity contribution in [3.63, 3.8) is 0 Å². The summed E-state index contributed by atoms with van der Waals surface area (Å²) in [4.78, 5) is 41.9. The molecule has 0 heterocycles. The van der Waals surface area contributed by atoms with Crippen LogP contribution in [0.5, 0.6) is 0 Å². The Hall–Kier alpha value is -1.30. The predicted molar refractivity (Wildman–Crippen MR) is 116 cm³/mol. The lowest BCUT2D eigenvalue weighted by atomic mass is 10.2. The van der Waals surface area contributed by atoms with E-state index in [0.29, 0.717) is 52.5 Å². The summed E-state index contributed by atoms with van der Waals surface area (Å²) in [6, 6.07) is 0. The second kappa shape index (κ2) is 26.0. The van der Waals surface area contributed by atoms with Crippen LogP contribution in [-0.4, -0.2) is 78.0 Å². The fourth-order valence-corrected chi connectivity index (χ4v) is 2.16. The van der Waals surface area contributed by atoms with Gasteiger partial charge in [-0.3, -0.25) is 9.78 Å². The van der Waals surface area contributed by atoms with Crippen LogP contribution in [0.1, 0.15) is 65.2 Å². The van der Waals surface area contributed by atoms with E-state index < -0.39 is 11.9 Å². The number of unbranched alkanes of at least 4 members (excludes halogenated alkanes) is 3. The third-order valence-corrected chi connectivity index (χ3v) is 3.97. The standard InChI is InChI=1S/C22H42O10/c1-3-5-11-25-13-15-27-17-19-29-31-21(23)9-7-8-10-22(24)32-30-20-18-28-16-14-26-12-6-4-2/h3-20H2,1-2H3. The topological polar surface area (TPSA) is 108 Å². The van der Waals surface area contributed by atoms with Gasteiger partial charge in [-0.1, -0.05) is 26.7 Å². The smallest absolute Gasteiger partial charge is 0.342 e. The Bertz CT molecular complexity index is 382. The van der Waals surface area contributed by atoms with Crippen molar-refractivity contribution in [1.29, 1.82) is 0 Å². The van der Waals surface area contributed by atoms with Crippen LogP contribution >= 0.6 is 0 Å². The Morgan fingerprint density at radius 1 is 0.469 bits per heavy atom. The minimum atomic E-state index is -0.492. The molecule has 0 atom stereocenters. The first-order valence-corrected chi connectivity index (χ1v) is 11.7. The second-order valence-electron chi connectivity index (χ2n) is 6.92. The molecule has 0 N–H and O–H groups in total. The Labute approximate surface area is 191 Å². The summed E-state index contributed by atoms with van der Waals surface area (Å²) in [5, 5.41) is 0. The molecule has 0 aromatic rings. The highest BCUT2D eigenvalue weighted by Crippen LogP contribution is 2.03. The normalized spacial score (nSPS) is 10.9. The molecule has 0 fully saturated rings. The van der Waals surface area contributed by atoms with Crippen molar-refractivity contribution < 1.29 is 48.1 Å². The SMILES string of the molecule is CCCCOCCOCCOOC(=O)CCCCC(=O)OOCCOCCOCCCC. The zero-order chi connectivity index (χ0) is 23.5. The first-order chi connectivity index (χ1) is 15.7. The molecule has 10 heteroatoms. The third kappa shape index (κ3) is 25.0. The van der Waals surface area contributed by atoms with Crippen molar-refractivity contribution in [1.82, 2.24) is 0 Å². The monoisotopic (exact) mass is 466 g/mol. The zero-order valence-corrected chi connectivity index (χ0v) is 19.8. The van der Waals surface area contributed by atoms with Gasteiger partial charge in [0.15, 0.2) is 0 Å². The summed E-state index contributed by atoms with van der Waals surface area (Å²) in [5.74, 6) is -0.985.